The van der Waals surface area contributed by atoms with Gasteiger partial charge in [-0.15, -0.1) is 0 Å². The number of halogens is 2. The van der Waals surface area contributed by atoms with Gasteiger partial charge in [-0.2, -0.15) is 5.26 Å². The second kappa shape index (κ2) is 7.34. The molecule has 0 atom stereocenters. The van der Waals surface area contributed by atoms with Crippen LogP contribution in [0.2, 0.25) is 5.02 Å². The highest BCUT2D eigenvalue weighted by molar-refractivity contribution is 6.30. The van der Waals surface area contributed by atoms with Gasteiger partial charge in [0.1, 0.15) is 17.5 Å². The van der Waals surface area contributed by atoms with Gasteiger partial charge in [-0.3, -0.25) is 14.9 Å². The van der Waals surface area contributed by atoms with E-state index in [2.05, 4.69) is 0 Å². The van der Waals surface area contributed by atoms with Crippen molar-refractivity contribution in [2.45, 2.75) is 0 Å². The Kier molecular flexibility index (Phi) is 5.23. The van der Waals surface area contributed by atoms with Gasteiger partial charge in [0.15, 0.2) is 0 Å². The molecule has 0 saturated heterocycles. The van der Waals surface area contributed by atoms with Crippen LogP contribution in [0.15, 0.2) is 54.1 Å². The molecule has 0 radical (unpaired) electrons. The van der Waals surface area contributed by atoms with Crippen molar-refractivity contribution in [3.8, 4) is 6.07 Å². The third kappa shape index (κ3) is 4.25. The van der Waals surface area contributed by atoms with Crippen molar-refractivity contribution in [3.05, 3.63) is 76.1 Å². The molecular formula is C17H10ClFN2O2. The maximum Gasteiger partial charge on any atom is 0.268 e. The average Bonchev–Trinajstić information content (AvgIpc) is 2.52. The summed E-state index contributed by atoms with van der Waals surface area (Å²) in [5, 5.41) is 11.5. The third-order valence-corrected chi connectivity index (χ3v) is 3.11. The van der Waals surface area contributed by atoms with Gasteiger partial charge in [-0.25, -0.2) is 4.39 Å². The summed E-state index contributed by atoms with van der Waals surface area (Å²) >= 11 is 5.82. The molecule has 0 spiro atoms. The summed E-state index contributed by atoms with van der Waals surface area (Å²) in [6, 6.07) is 13.4. The van der Waals surface area contributed by atoms with E-state index >= 15 is 0 Å². The van der Waals surface area contributed by atoms with E-state index in [0.29, 0.717) is 10.6 Å². The SMILES string of the molecule is N#C/C(=C\c1cccc(Cl)c1)C(=O)NC(=O)c1ccccc1F. The number of carbonyl (C=O) groups excluding carboxylic acids is 2. The Hall–Kier alpha value is -2.97. The highest BCUT2D eigenvalue weighted by Crippen LogP contribution is 2.14. The molecule has 2 aromatic carbocycles. The molecular weight excluding hydrogens is 319 g/mol. The van der Waals surface area contributed by atoms with Gasteiger partial charge in [0.05, 0.1) is 5.56 Å². The number of imide groups is 1. The first-order valence-corrected chi connectivity index (χ1v) is 6.86. The molecule has 114 valence electrons. The molecule has 6 heteroatoms. The van der Waals surface area contributed by atoms with Crippen molar-refractivity contribution >= 4 is 29.5 Å². The van der Waals surface area contributed by atoms with Crippen LogP contribution in [0.5, 0.6) is 0 Å². The number of nitriles is 1. The number of benzene rings is 2. The minimum atomic E-state index is -0.916. The number of amides is 2. The molecule has 1 N–H and O–H groups in total. The fourth-order valence-electron chi connectivity index (χ4n) is 1.79. The average molecular weight is 329 g/mol. The summed E-state index contributed by atoms with van der Waals surface area (Å²) in [6.45, 7) is 0. The van der Waals surface area contributed by atoms with Crippen molar-refractivity contribution in [2.75, 3.05) is 0 Å². The molecule has 2 amide bonds. The Morgan fingerprint density at radius 2 is 1.91 bits per heavy atom. The van der Waals surface area contributed by atoms with Crippen molar-refractivity contribution < 1.29 is 14.0 Å². The van der Waals surface area contributed by atoms with Crippen LogP contribution in [0.25, 0.3) is 6.08 Å². The Balaban J connectivity index is 2.20. The van der Waals surface area contributed by atoms with E-state index in [-0.39, 0.29) is 11.1 Å². The van der Waals surface area contributed by atoms with Crippen LogP contribution in [0.3, 0.4) is 0 Å². The number of rotatable bonds is 3. The van der Waals surface area contributed by atoms with Gasteiger partial charge in [-0.1, -0.05) is 35.9 Å². The summed E-state index contributed by atoms with van der Waals surface area (Å²) < 4.78 is 13.5. The predicted octanol–water partition coefficient (Wildman–Crippen LogP) is 3.34. The standard InChI is InChI=1S/C17H10ClFN2O2/c18-13-5-3-4-11(9-13)8-12(10-20)16(22)21-17(23)14-6-1-2-7-15(14)19/h1-9H,(H,21,22,23)/b12-8+. The monoisotopic (exact) mass is 328 g/mol. The molecule has 0 aliphatic carbocycles. The molecule has 0 heterocycles. The summed E-state index contributed by atoms with van der Waals surface area (Å²) in [4.78, 5) is 23.9. The van der Waals surface area contributed by atoms with Crippen LogP contribution in [0.1, 0.15) is 15.9 Å². The van der Waals surface area contributed by atoms with Gasteiger partial charge in [0, 0.05) is 5.02 Å². The van der Waals surface area contributed by atoms with Crippen LogP contribution < -0.4 is 5.32 Å². The lowest BCUT2D eigenvalue weighted by atomic mass is 10.1. The number of hydrogen-bond donors (Lipinski definition) is 1. The third-order valence-electron chi connectivity index (χ3n) is 2.87. The summed E-state index contributed by atoms with van der Waals surface area (Å²) in [5.41, 5.74) is -0.0413. The number of hydrogen-bond acceptors (Lipinski definition) is 3. The zero-order chi connectivity index (χ0) is 16.8. The van der Waals surface area contributed by atoms with E-state index in [1.54, 1.807) is 30.3 Å². The summed E-state index contributed by atoms with van der Waals surface area (Å²) in [6.07, 6.45) is 1.29. The molecule has 0 unspecified atom stereocenters. The topological polar surface area (TPSA) is 70.0 Å². The summed E-state index contributed by atoms with van der Waals surface area (Å²) in [5.74, 6) is -2.59. The van der Waals surface area contributed by atoms with Gasteiger partial charge in [0.2, 0.25) is 0 Å². The highest BCUT2D eigenvalue weighted by Gasteiger charge is 2.17. The normalized spacial score (nSPS) is 10.7. The molecule has 0 aliphatic heterocycles. The van der Waals surface area contributed by atoms with Crippen molar-refractivity contribution in [1.82, 2.24) is 5.32 Å². The van der Waals surface area contributed by atoms with E-state index in [1.165, 1.54) is 24.3 Å². The van der Waals surface area contributed by atoms with Crippen LogP contribution in [0.4, 0.5) is 4.39 Å². The largest absolute Gasteiger partial charge is 0.287 e. The van der Waals surface area contributed by atoms with E-state index in [0.717, 1.165) is 6.07 Å². The smallest absolute Gasteiger partial charge is 0.268 e. The van der Waals surface area contributed by atoms with Gasteiger partial charge < -0.3 is 0 Å². The molecule has 0 saturated carbocycles. The Morgan fingerprint density at radius 3 is 2.57 bits per heavy atom. The first kappa shape index (κ1) is 16.4. The van der Waals surface area contributed by atoms with E-state index in [1.807, 2.05) is 5.32 Å². The molecule has 2 rings (SSSR count). The maximum atomic E-state index is 13.5. The van der Waals surface area contributed by atoms with Crippen LogP contribution in [0, 0.1) is 17.1 Å². The minimum Gasteiger partial charge on any atom is -0.287 e. The lowest BCUT2D eigenvalue weighted by Gasteiger charge is -2.04. The molecule has 0 bridgehead atoms. The van der Waals surface area contributed by atoms with E-state index in [4.69, 9.17) is 16.9 Å². The van der Waals surface area contributed by atoms with Crippen molar-refractivity contribution in [1.29, 1.82) is 5.26 Å². The fourth-order valence-corrected chi connectivity index (χ4v) is 1.99. The Labute approximate surface area is 136 Å². The lowest BCUT2D eigenvalue weighted by Crippen LogP contribution is -2.31. The van der Waals surface area contributed by atoms with E-state index in [9.17, 15) is 14.0 Å². The zero-order valence-corrected chi connectivity index (χ0v) is 12.5. The minimum absolute atomic E-state index is 0.277. The second-order valence-corrected chi connectivity index (χ2v) is 4.92. The molecule has 2 aromatic rings. The first-order valence-electron chi connectivity index (χ1n) is 6.49. The van der Waals surface area contributed by atoms with Crippen molar-refractivity contribution in [3.63, 3.8) is 0 Å². The van der Waals surface area contributed by atoms with Crippen molar-refractivity contribution in [2.24, 2.45) is 0 Å². The Morgan fingerprint density at radius 1 is 1.17 bits per heavy atom. The number of nitrogens with one attached hydrogen (secondary N) is 1. The summed E-state index contributed by atoms with van der Waals surface area (Å²) in [7, 11) is 0. The lowest BCUT2D eigenvalue weighted by molar-refractivity contribution is -0.116. The second-order valence-electron chi connectivity index (χ2n) is 4.49. The zero-order valence-electron chi connectivity index (χ0n) is 11.7. The Bertz CT molecular complexity index is 840. The van der Waals surface area contributed by atoms with Gasteiger partial charge >= 0.3 is 0 Å². The van der Waals surface area contributed by atoms with Crippen LogP contribution >= 0.6 is 11.6 Å². The number of nitrogens with zero attached hydrogens (tertiary/aromatic N) is 1. The molecule has 4 nitrogen and oxygen atoms in total. The highest BCUT2D eigenvalue weighted by atomic mass is 35.5. The number of carbonyl (C=O) groups is 2. The first-order chi connectivity index (χ1) is 11.0. The van der Waals surface area contributed by atoms with Crippen LogP contribution in [-0.2, 0) is 4.79 Å². The molecule has 0 aromatic heterocycles. The quantitative estimate of drug-likeness (QED) is 0.694. The molecule has 23 heavy (non-hydrogen) atoms. The fraction of sp³-hybridized carbons (Fsp3) is 0. The maximum absolute atomic E-state index is 13.5. The van der Waals surface area contributed by atoms with Gasteiger partial charge in [0.25, 0.3) is 11.8 Å². The van der Waals surface area contributed by atoms with Crippen LogP contribution in [-0.4, -0.2) is 11.8 Å². The molecule has 0 fully saturated rings. The van der Waals surface area contributed by atoms with Gasteiger partial charge in [-0.05, 0) is 35.9 Å². The molecule has 0 aliphatic rings. The predicted molar refractivity (Wildman–Crippen MR) is 83.9 cm³/mol. The van der Waals surface area contributed by atoms with E-state index < -0.39 is 17.6 Å².